The number of carbonyl (C=O) groups excluding carboxylic acids is 1. The molecule has 1 N–H and O–H groups in total. The Labute approximate surface area is 117 Å². The van der Waals surface area contributed by atoms with Crippen molar-refractivity contribution >= 4 is 11.4 Å². The molecule has 0 bridgehead atoms. The number of amides is 1. The molecule has 0 spiro atoms. The van der Waals surface area contributed by atoms with E-state index < -0.39 is 0 Å². The Hall–Kier alpha value is -1.88. The lowest BCUT2D eigenvalue weighted by molar-refractivity contribution is 0.0684. The van der Waals surface area contributed by atoms with E-state index in [1.165, 1.54) is 0 Å². The van der Waals surface area contributed by atoms with Gasteiger partial charge in [-0.05, 0) is 38.3 Å². The van der Waals surface area contributed by atoms with Crippen molar-refractivity contribution in [1.82, 2.24) is 14.5 Å². The van der Waals surface area contributed by atoms with Gasteiger partial charge in [-0.1, -0.05) is 6.07 Å². The monoisotopic (exact) mass is 273 g/mol. The van der Waals surface area contributed by atoms with E-state index >= 15 is 0 Å². The minimum absolute atomic E-state index is 0.0225. The summed E-state index contributed by atoms with van der Waals surface area (Å²) >= 11 is 0. The molecular weight excluding hydrogens is 254 g/mol. The number of aliphatic hydroxyl groups is 1. The van der Waals surface area contributed by atoms with Crippen molar-refractivity contribution in [3.63, 3.8) is 0 Å². The predicted octanol–water partition coefficient (Wildman–Crippen LogP) is 1.71. The number of nitrogens with zero attached hydrogens (tertiary/aromatic N) is 3. The second kappa shape index (κ2) is 5.25. The van der Waals surface area contributed by atoms with Crippen LogP contribution in [0, 0.1) is 0 Å². The summed E-state index contributed by atoms with van der Waals surface area (Å²) < 4.78 is 1.72. The van der Waals surface area contributed by atoms with Crippen LogP contribution in [-0.4, -0.2) is 44.2 Å². The molecule has 1 saturated heterocycles. The van der Waals surface area contributed by atoms with E-state index in [9.17, 15) is 9.90 Å². The largest absolute Gasteiger partial charge is 0.393 e. The molecule has 5 nitrogen and oxygen atoms in total. The maximum absolute atomic E-state index is 12.7. The Kier molecular flexibility index (Phi) is 3.44. The summed E-state index contributed by atoms with van der Waals surface area (Å²) in [7, 11) is 0. The standard InChI is InChI=1S/C15H19N3O2/c1-11(19)9-12-5-4-7-17(12)15(20)13-10-16-18-8-3-2-6-14(13)18/h2-3,6,8,10-12,19H,4-5,7,9H2,1H3. The summed E-state index contributed by atoms with van der Waals surface area (Å²) in [5, 5.41) is 13.8. The van der Waals surface area contributed by atoms with Gasteiger partial charge < -0.3 is 10.0 Å². The normalized spacial score (nSPS) is 20.5. The Morgan fingerprint density at radius 3 is 3.20 bits per heavy atom. The molecular formula is C15H19N3O2. The third-order valence-electron chi connectivity index (χ3n) is 3.91. The minimum Gasteiger partial charge on any atom is -0.393 e. The summed E-state index contributed by atoms with van der Waals surface area (Å²) in [4.78, 5) is 14.6. The summed E-state index contributed by atoms with van der Waals surface area (Å²) in [6, 6.07) is 5.84. The molecule has 3 heterocycles. The fourth-order valence-corrected chi connectivity index (χ4v) is 3.00. The molecule has 0 aromatic carbocycles. The first-order valence-electron chi connectivity index (χ1n) is 7.08. The van der Waals surface area contributed by atoms with Gasteiger partial charge in [0.1, 0.15) is 0 Å². The van der Waals surface area contributed by atoms with Crippen molar-refractivity contribution in [2.75, 3.05) is 6.54 Å². The number of pyridine rings is 1. The zero-order valence-corrected chi connectivity index (χ0v) is 11.6. The Bertz CT molecular complexity index is 620. The quantitative estimate of drug-likeness (QED) is 0.926. The van der Waals surface area contributed by atoms with E-state index in [2.05, 4.69) is 5.10 Å². The molecule has 0 saturated carbocycles. The van der Waals surface area contributed by atoms with Crippen LogP contribution < -0.4 is 0 Å². The Balaban J connectivity index is 1.88. The van der Waals surface area contributed by atoms with E-state index in [0.29, 0.717) is 12.0 Å². The number of aliphatic hydroxyl groups excluding tert-OH is 1. The second-order valence-corrected chi connectivity index (χ2v) is 5.47. The molecule has 3 rings (SSSR count). The Morgan fingerprint density at radius 1 is 1.55 bits per heavy atom. The van der Waals surface area contributed by atoms with Crippen LogP contribution in [-0.2, 0) is 0 Å². The molecule has 1 amide bonds. The van der Waals surface area contributed by atoms with Gasteiger partial charge in [0.15, 0.2) is 0 Å². The number of hydrogen-bond acceptors (Lipinski definition) is 3. The Morgan fingerprint density at radius 2 is 2.40 bits per heavy atom. The number of rotatable bonds is 3. The van der Waals surface area contributed by atoms with Crippen LogP contribution in [0.15, 0.2) is 30.6 Å². The molecule has 2 atom stereocenters. The minimum atomic E-state index is -0.377. The van der Waals surface area contributed by atoms with Crippen LogP contribution in [0.2, 0.25) is 0 Å². The zero-order chi connectivity index (χ0) is 14.1. The fourth-order valence-electron chi connectivity index (χ4n) is 3.00. The lowest BCUT2D eigenvalue weighted by atomic mass is 10.1. The average Bonchev–Trinajstić information content (AvgIpc) is 3.03. The highest BCUT2D eigenvalue weighted by molar-refractivity contribution is 6.00. The molecule has 1 aliphatic heterocycles. The first kappa shape index (κ1) is 13.1. The number of carbonyl (C=O) groups is 1. The third kappa shape index (κ3) is 2.29. The van der Waals surface area contributed by atoms with E-state index in [0.717, 1.165) is 24.9 Å². The van der Waals surface area contributed by atoms with Crippen molar-refractivity contribution in [3.8, 4) is 0 Å². The molecule has 2 aromatic heterocycles. The van der Waals surface area contributed by atoms with Crippen LogP contribution in [0.5, 0.6) is 0 Å². The van der Waals surface area contributed by atoms with Crippen LogP contribution >= 0.6 is 0 Å². The van der Waals surface area contributed by atoms with Gasteiger partial charge in [-0.3, -0.25) is 4.79 Å². The zero-order valence-electron chi connectivity index (χ0n) is 11.6. The van der Waals surface area contributed by atoms with Crippen molar-refractivity contribution in [2.45, 2.75) is 38.3 Å². The maximum atomic E-state index is 12.7. The number of fused-ring (bicyclic) bond motifs is 1. The molecule has 1 fully saturated rings. The summed E-state index contributed by atoms with van der Waals surface area (Å²) in [6.45, 7) is 2.54. The summed E-state index contributed by atoms with van der Waals surface area (Å²) in [6.07, 6.45) is 5.71. The molecule has 2 aromatic rings. The molecule has 5 heteroatoms. The fraction of sp³-hybridized carbons (Fsp3) is 0.467. The van der Waals surface area contributed by atoms with E-state index in [4.69, 9.17) is 0 Å². The van der Waals surface area contributed by atoms with E-state index in [-0.39, 0.29) is 18.1 Å². The van der Waals surface area contributed by atoms with Crippen LogP contribution in [0.3, 0.4) is 0 Å². The lowest BCUT2D eigenvalue weighted by Gasteiger charge is -2.25. The summed E-state index contributed by atoms with van der Waals surface area (Å²) in [5.74, 6) is 0.0225. The first-order valence-corrected chi connectivity index (χ1v) is 7.08. The van der Waals surface area contributed by atoms with E-state index in [1.54, 1.807) is 17.6 Å². The van der Waals surface area contributed by atoms with Crippen molar-refractivity contribution in [3.05, 3.63) is 36.2 Å². The van der Waals surface area contributed by atoms with Crippen molar-refractivity contribution in [1.29, 1.82) is 0 Å². The SMILES string of the molecule is CC(O)CC1CCCN1C(=O)c1cnn2ccccc12. The average molecular weight is 273 g/mol. The number of likely N-dealkylation sites (tertiary alicyclic amines) is 1. The van der Waals surface area contributed by atoms with Gasteiger partial charge in [0.25, 0.3) is 5.91 Å². The van der Waals surface area contributed by atoms with E-state index in [1.807, 2.05) is 29.3 Å². The van der Waals surface area contributed by atoms with Crippen LogP contribution in [0.4, 0.5) is 0 Å². The molecule has 1 aliphatic rings. The highest BCUT2D eigenvalue weighted by Gasteiger charge is 2.31. The molecule has 2 unspecified atom stereocenters. The van der Waals surface area contributed by atoms with Gasteiger partial charge in [0, 0.05) is 18.8 Å². The molecule has 0 aliphatic carbocycles. The highest BCUT2D eigenvalue weighted by Crippen LogP contribution is 2.24. The van der Waals surface area contributed by atoms with Gasteiger partial charge in [0.05, 0.1) is 23.4 Å². The summed E-state index contributed by atoms with van der Waals surface area (Å²) in [5.41, 5.74) is 1.48. The smallest absolute Gasteiger partial charge is 0.257 e. The third-order valence-corrected chi connectivity index (χ3v) is 3.91. The molecule has 20 heavy (non-hydrogen) atoms. The van der Waals surface area contributed by atoms with Gasteiger partial charge in [-0.25, -0.2) is 4.52 Å². The van der Waals surface area contributed by atoms with Gasteiger partial charge in [-0.2, -0.15) is 5.10 Å². The van der Waals surface area contributed by atoms with Gasteiger partial charge >= 0.3 is 0 Å². The van der Waals surface area contributed by atoms with Crippen LogP contribution in [0.25, 0.3) is 5.52 Å². The van der Waals surface area contributed by atoms with Gasteiger partial charge in [-0.15, -0.1) is 0 Å². The van der Waals surface area contributed by atoms with Crippen LogP contribution in [0.1, 0.15) is 36.5 Å². The highest BCUT2D eigenvalue weighted by atomic mass is 16.3. The topological polar surface area (TPSA) is 57.8 Å². The predicted molar refractivity (Wildman–Crippen MR) is 75.5 cm³/mol. The number of aromatic nitrogens is 2. The lowest BCUT2D eigenvalue weighted by Crippen LogP contribution is -2.37. The molecule has 106 valence electrons. The van der Waals surface area contributed by atoms with Crippen molar-refractivity contribution < 1.29 is 9.90 Å². The molecule has 0 radical (unpaired) electrons. The van der Waals surface area contributed by atoms with Gasteiger partial charge in [0.2, 0.25) is 0 Å². The maximum Gasteiger partial charge on any atom is 0.257 e. The first-order chi connectivity index (χ1) is 9.66. The second-order valence-electron chi connectivity index (χ2n) is 5.47. The van der Waals surface area contributed by atoms with Crippen molar-refractivity contribution in [2.24, 2.45) is 0 Å². The number of hydrogen-bond donors (Lipinski definition) is 1.